The van der Waals surface area contributed by atoms with Gasteiger partial charge in [-0.1, -0.05) is 12.1 Å². The smallest absolute Gasteiger partial charge is 0.0587 e. The van der Waals surface area contributed by atoms with E-state index >= 15 is 0 Å². The fraction of sp³-hybridized carbons (Fsp3) is 0.500. The molecular formula is C12H19ClN2O. The zero-order valence-corrected chi connectivity index (χ0v) is 10.1. The summed E-state index contributed by atoms with van der Waals surface area (Å²) >= 11 is 0. The van der Waals surface area contributed by atoms with E-state index in [1.165, 1.54) is 12.0 Å². The first kappa shape index (κ1) is 13.3. The normalized spacial score (nSPS) is 20.7. The maximum Gasteiger partial charge on any atom is 0.0587 e. The first-order valence-corrected chi connectivity index (χ1v) is 5.49. The van der Waals surface area contributed by atoms with Gasteiger partial charge in [0.2, 0.25) is 0 Å². The third-order valence-corrected chi connectivity index (χ3v) is 3.05. The minimum Gasteiger partial charge on any atom is -0.399 e. The van der Waals surface area contributed by atoms with E-state index in [-0.39, 0.29) is 19.0 Å². The highest BCUT2D eigenvalue weighted by Gasteiger charge is 2.23. The molecule has 0 unspecified atom stereocenters. The molecule has 16 heavy (non-hydrogen) atoms. The molecule has 0 amide bonds. The van der Waals surface area contributed by atoms with Gasteiger partial charge in [-0.05, 0) is 37.1 Å². The lowest BCUT2D eigenvalue weighted by molar-refractivity contribution is 0.153. The minimum absolute atomic E-state index is 0. The Hall–Kier alpha value is -0.770. The summed E-state index contributed by atoms with van der Waals surface area (Å²) < 4.78 is 0. The van der Waals surface area contributed by atoms with E-state index in [2.05, 4.69) is 11.0 Å². The van der Waals surface area contributed by atoms with Gasteiger partial charge in [0.15, 0.2) is 0 Å². The summed E-state index contributed by atoms with van der Waals surface area (Å²) in [5.74, 6) is 0. The quantitative estimate of drug-likeness (QED) is 0.793. The Kier molecular flexibility index (Phi) is 5.06. The Morgan fingerprint density at radius 3 is 2.94 bits per heavy atom. The van der Waals surface area contributed by atoms with E-state index in [4.69, 9.17) is 5.73 Å². The molecule has 1 aromatic carbocycles. The number of likely N-dealkylation sites (tertiary alicyclic amines) is 1. The van der Waals surface area contributed by atoms with Crippen LogP contribution in [-0.4, -0.2) is 29.2 Å². The number of anilines is 1. The Morgan fingerprint density at radius 1 is 1.44 bits per heavy atom. The van der Waals surface area contributed by atoms with Gasteiger partial charge in [-0.25, -0.2) is 0 Å². The molecule has 0 bridgehead atoms. The van der Waals surface area contributed by atoms with Crippen molar-refractivity contribution in [1.29, 1.82) is 0 Å². The molecule has 2 rings (SSSR count). The van der Waals surface area contributed by atoms with Crippen molar-refractivity contribution in [3.05, 3.63) is 29.8 Å². The van der Waals surface area contributed by atoms with Crippen LogP contribution in [-0.2, 0) is 6.54 Å². The van der Waals surface area contributed by atoms with Crippen molar-refractivity contribution in [2.24, 2.45) is 0 Å². The summed E-state index contributed by atoms with van der Waals surface area (Å²) in [6.45, 7) is 2.25. The zero-order valence-electron chi connectivity index (χ0n) is 9.30. The molecule has 0 aliphatic carbocycles. The van der Waals surface area contributed by atoms with Crippen LogP contribution < -0.4 is 5.73 Å². The first-order valence-electron chi connectivity index (χ1n) is 5.49. The van der Waals surface area contributed by atoms with E-state index < -0.39 is 0 Å². The van der Waals surface area contributed by atoms with Gasteiger partial charge in [0, 0.05) is 18.3 Å². The minimum atomic E-state index is 0. The third kappa shape index (κ3) is 3.11. The van der Waals surface area contributed by atoms with Crippen LogP contribution in [0.2, 0.25) is 0 Å². The van der Waals surface area contributed by atoms with Gasteiger partial charge in [-0.15, -0.1) is 12.4 Å². The maximum atomic E-state index is 9.20. The summed E-state index contributed by atoms with van der Waals surface area (Å²) in [4.78, 5) is 2.33. The number of nitrogens with zero attached hydrogens (tertiary/aromatic N) is 1. The van der Waals surface area contributed by atoms with Crippen molar-refractivity contribution in [3.63, 3.8) is 0 Å². The molecule has 0 spiro atoms. The van der Waals surface area contributed by atoms with E-state index in [0.717, 1.165) is 25.2 Å². The van der Waals surface area contributed by atoms with Gasteiger partial charge < -0.3 is 10.8 Å². The number of aliphatic hydroxyl groups is 1. The topological polar surface area (TPSA) is 49.5 Å². The van der Waals surface area contributed by atoms with Crippen LogP contribution in [0.3, 0.4) is 0 Å². The molecule has 3 nitrogen and oxygen atoms in total. The molecule has 1 fully saturated rings. The third-order valence-electron chi connectivity index (χ3n) is 3.05. The van der Waals surface area contributed by atoms with E-state index in [0.29, 0.717) is 6.04 Å². The summed E-state index contributed by atoms with van der Waals surface area (Å²) in [7, 11) is 0. The molecule has 3 N–H and O–H groups in total. The Morgan fingerprint density at radius 2 is 2.25 bits per heavy atom. The number of aliphatic hydroxyl groups excluding tert-OH is 1. The first-order chi connectivity index (χ1) is 7.29. The molecule has 1 heterocycles. The second-order valence-electron chi connectivity index (χ2n) is 4.19. The van der Waals surface area contributed by atoms with Crippen LogP contribution in [0, 0.1) is 0 Å². The second-order valence-corrected chi connectivity index (χ2v) is 4.19. The van der Waals surface area contributed by atoms with Crippen molar-refractivity contribution in [2.75, 3.05) is 18.9 Å². The fourth-order valence-electron chi connectivity index (χ4n) is 2.24. The molecular weight excluding hydrogens is 224 g/mol. The number of nitrogen functional groups attached to an aromatic ring is 1. The van der Waals surface area contributed by atoms with E-state index in [1.54, 1.807) is 0 Å². The lowest BCUT2D eigenvalue weighted by Crippen LogP contribution is -2.31. The van der Waals surface area contributed by atoms with Crippen molar-refractivity contribution >= 4 is 18.1 Å². The summed E-state index contributed by atoms with van der Waals surface area (Å²) in [5, 5.41) is 9.20. The monoisotopic (exact) mass is 242 g/mol. The molecule has 1 aliphatic rings. The van der Waals surface area contributed by atoms with Gasteiger partial charge >= 0.3 is 0 Å². The zero-order chi connectivity index (χ0) is 10.7. The van der Waals surface area contributed by atoms with Gasteiger partial charge in [-0.3, -0.25) is 4.90 Å². The molecule has 4 heteroatoms. The van der Waals surface area contributed by atoms with Gasteiger partial charge in [0.1, 0.15) is 0 Å². The van der Waals surface area contributed by atoms with Crippen LogP contribution in [0.25, 0.3) is 0 Å². The predicted octanol–water partition coefficient (Wildman–Crippen LogP) is 1.65. The molecule has 1 aromatic rings. The lowest BCUT2D eigenvalue weighted by Gasteiger charge is -2.22. The predicted molar refractivity (Wildman–Crippen MR) is 68.6 cm³/mol. The van der Waals surface area contributed by atoms with Crippen molar-refractivity contribution in [2.45, 2.75) is 25.4 Å². The average molecular weight is 243 g/mol. The molecule has 90 valence electrons. The van der Waals surface area contributed by atoms with Gasteiger partial charge in [0.25, 0.3) is 0 Å². The number of hydrogen-bond donors (Lipinski definition) is 2. The van der Waals surface area contributed by atoms with Crippen LogP contribution in [0.5, 0.6) is 0 Å². The van der Waals surface area contributed by atoms with E-state index in [9.17, 15) is 5.11 Å². The molecule has 0 radical (unpaired) electrons. The van der Waals surface area contributed by atoms with Crippen LogP contribution in [0.4, 0.5) is 5.69 Å². The van der Waals surface area contributed by atoms with Gasteiger partial charge in [-0.2, -0.15) is 0 Å². The highest BCUT2D eigenvalue weighted by molar-refractivity contribution is 5.85. The summed E-state index contributed by atoms with van der Waals surface area (Å²) in [6.07, 6.45) is 2.30. The van der Waals surface area contributed by atoms with Crippen molar-refractivity contribution < 1.29 is 5.11 Å². The van der Waals surface area contributed by atoms with Gasteiger partial charge in [0.05, 0.1) is 6.61 Å². The number of rotatable bonds is 3. The molecule has 1 saturated heterocycles. The number of benzene rings is 1. The highest BCUT2D eigenvalue weighted by atomic mass is 35.5. The average Bonchev–Trinajstić information content (AvgIpc) is 2.65. The Labute approximate surface area is 103 Å². The van der Waals surface area contributed by atoms with Crippen molar-refractivity contribution in [1.82, 2.24) is 4.90 Å². The number of hydrogen-bond acceptors (Lipinski definition) is 3. The van der Waals surface area contributed by atoms with Crippen LogP contribution in [0.15, 0.2) is 24.3 Å². The molecule has 0 saturated carbocycles. The standard InChI is InChI=1S/C12H18N2O.ClH/c13-11-4-1-3-10(7-11)8-14-6-2-5-12(14)9-15;/h1,3-4,7,12,15H,2,5-6,8-9,13H2;1H/t12-;/m0./s1. The fourth-order valence-corrected chi connectivity index (χ4v) is 2.24. The largest absolute Gasteiger partial charge is 0.399 e. The molecule has 0 aromatic heterocycles. The maximum absolute atomic E-state index is 9.20. The molecule has 1 aliphatic heterocycles. The summed E-state index contributed by atoms with van der Waals surface area (Å²) in [6, 6.07) is 8.31. The number of nitrogens with two attached hydrogens (primary N) is 1. The second kappa shape index (κ2) is 6.09. The lowest BCUT2D eigenvalue weighted by atomic mass is 10.1. The molecule has 1 atom stereocenters. The number of halogens is 1. The Bertz CT molecular complexity index is 333. The van der Waals surface area contributed by atoms with E-state index in [1.807, 2.05) is 18.2 Å². The SMILES string of the molecule is Cl.Nc1cccc(CN2CCC[C@H]2CO)c1. The Balaban J connectivity index is 0.00000128. The van der Waals surface area contributed by atoms with Crippen LogP contribution in [0.1, 0.15) is 18.4 Å². The van der Waals surface area contributed by atoms with Crippen LogP contribution >= 0.6 is 12.4 Å². The van der Waals surface area contributed by atoms with Crippen molar-refractivity contribution in [3.8, 4) is 0 Å². The highest BCUT2D eigenvalue weighted by Crippen LogP contribution is 2.20. The summed E-state index contributed by atoms with van der Waals surface area (Å²) in [5.41, 5.74) is 7.78.